The van der Waals surface area contributed by atoms with Crippen LogP contribution in [0, 0.1) is 13.8 Å². The van der Waals surface area contributed by atoms with Crippen LogP contribution in [0.4, 0.5) is 0 Å². The summed E-state index contributed by atoms with van der Waals surface area (Å²) >= 11 is 0. The number of hydrogen-bond acceptors (Lipinski definition) is 3. The molecule has 1 unspecified atom stereocenters. The number of nitrogens with two attached hydrogens (primary N) is 1. The van der Waals surface area contributed by atoms with E-state index in [0.29, 0.717) is 5.92 Å². The van der Waals surface area contributed by atoms with Crippen molar-refractivity contribution in [1.29, 1.82) is 0 Å². The van der Waals surface area contributed by atoms with Crippen LogP contribution in [0.5, 0.6) is 0 Å². The molecule has 2 aromatic rings. The van der Waals surface area contributed by atoms with E-state index in [9.17, 15) is 0 Å². The second kappa shape index (κ2) is 5.77. The Morgan fingerprint density at radius 2 is 1.65 bits per heavy atom. The Hall–Kier alpha value is -1.65. The summed E-state index contributed by atoms with van der Waals surface area (Å²) in [4.78, 5) is 0. The number of aryl methyl sites for hydroxylation is 2. The smallest absolute Gasteiger partial charge is 0.0746 e. The lowest BCUT2D eigenvalue weighted by Gasteiger charge is -2.18. The molecule has 3 N–H and O–H groups in total. The van der Waals surface area contributed by atoms with Gasteiger partial charge in [-0.25, -0.2) is 5.43 Å². The second-order valence-electron chi connectivity index (χ2n) is 5.63. The van der Waals surface area contributed by atoms with Gasteiger partial charge in [-0.1, -0.05) is 38.1 Å². The first-order chi connectivity index (χ1) is 9.45. The third-order valence-electron chi connectivity index (χ3n) is 3.96. The van der Waals surface area contributed by atoms with Gasteiger partial charge < -0.3 is 0 Å². The molecule has 108 valence electrons. The van der Waals surface area contributed by atoms with E-state index in [2.05, 4.69) is 55.6 Å². The summed E-state index contributed by atoms with van der Waals surface area (Å²) in [6.45, 7) is 8.49. The molecule has 0 spiro atoms. The van der Waals surface area contributed by atoms with Crippen molar-refractivity contribution in [3.05, 3.63) is 52.3 Å². The number of nitrogens with zero attached hydrogens (tertiary/aromatic N) is 2. The lowest BCUT2D eigenvalue weighted by Crippen LogP contribution is -2.29. The number of rotatable bonds is 4. The van der Waals surface area contributed by atoms with E-state index in [1.54, 1.807) is 0 Å². The van der Waals surface area contributed by atoms with Crippen molar-refractivity contribution in [3.63, 3.8) is 0 Å². The maximum atomic E-state index is 5.79. The first-order valence-electron chi connectivity index (χ1n) is 7.01. The molecule has 0 fully saturated rings. The van der Waals surface area contributed by atoms with Crippen LogP contribution in [0.2, 0.25) is 0 Å². The fourth-order valence-corrected chi connectivity index (χ4v) is 2.63. The van der Waals surface area contributed by atoms with E-state index < -0.39 is 0 Å². The molecule has 0 saturated heterocycles. The van der Waals surface area contributed by atoms with Crippen LogP contribution >= 0.6 is 0 Å². The fraction of sp³-hybridized carbons (Fsp3) is 0.438. The summed E-state index contributed by atoms with van der Waals surface area (Å²) < 4.78 is 1.90. The topological polar surface area (TPSA) is 55.9 Å². The highest BCUT2D eigenvalue weighted by Gasteiger charge is 2.20. The Kier molecular flexibility index (Phi) is 4.26. The summed E-state index contributed by atoms with van der Waals surface area (Å²) in [5.41, 5.74) is 8.74. The molecule has 1 heterocycles. The normalized spacial score (nSPS) is 12.9. The molecular formula is C16H24N4. The lowest BCUT2D eigenvalue weighted by atomic mass is 9.94. The molecule has 1 aromatic carbocycles. The molecule has 2 rings (SSSR count). The molecule has 0 amide bonds. The zero-order valence-corrected chi connectivity index (χ0v) is 12.9. The molecule has 0 aliphatic heterocycles. The van der Waals surface area contributed by atoms with Crippen LogP contribution in [0.25, 0.3) is 0 Å². The van der Waals surface area contributed by atoms with Gasteiger partial charge in [0, 0.05) is 18.3 Å². The summed E-state index contributed by atoms with van der Waals surface area (Å²) in [5.74, 6) is 6.33. The molecule has 0 bridgehead atoms. The molecule has 0 radical (unpaired) electrons. The van der Waals surface area contributed by atoms with Crippen molar-refractivity contribution in [2.24, 2.45) is 12.9 Å². The minimum absolute atomic E-state index is 0.0232. The van der Waals surface area contributed by atoms with Gasteiger partial charge in [0.05, 0.1) is 11.7 Å². The molecule has 4 heteroatoms. The van der Waals surface area contributed by atoms with Gasteiger partial charge in [-0.3, -0.25) is 10.5 Å². The Bertz CT molecular complexity index is 581. The third-order valence-corrected chi connectivity index (χ3v) is 3.96. The van der Waals surface area contributed by atoms with Crippen LogP contribution in [0.3, 0.4) is 0 Å². The Labute approximate surface area is 121 Å². The van der Waals surface area contributed by atoms with Crippen LogP contribution in [-0.4, -0.2) is 9.78 Å². The summed E-state index contributed by atoms with van der Waals surface area (Å²) in [6, 6.07) is 8.61. The van der Waals surface area contributed by atoms with Crippen molar-refractivity contribution in [2.45, 2.75) is 39.7 Å². The zero-order chi connectivity index (χ0) is 14.9. The molecule has 1 atom stereocenters. The van der Waals surface area contributed by atoms with E-state index >= 15 is 0 Å². The highest BCUT2D eigenvalue weighted by molar-refractivity contribution is 5.38. The third kappa shape index (κ3) is 2.62. The van der Waals surface area contributed by atoms with Crippen molar-refractivity contribution in [1.82, 2.24) is 15.2 Å². The SMILES string of the molecule is Cc1nn(C)c(C)c1C(NN)c1ccc(C(C)C)cc1. The number of nitrogens with one attached hydrogen (secondary N) is 1. The predicted octanol–water partition coefficient (Wildman–Crippen LogP) is 2.71. The van der Waals surface area contributed by atoms with E-state index in [4.69, 9.17) is 5.84 Å². The van der Waals surface area contributed by atoms with Crippen molar-refractivity contribution in [2.75, 3.05) is 0 Å². The van der Waals surface area contributed by atoms with Crippen LogP contribution in [-0.2, 0) is 7.05 Å². The molecule has 0 saturated carbocycles. The largest absolute Gasteiger partial charge is 0.272 e. The molecule has 0 aliphatic rings. The number of hydrazine groups is 1. The first-order valence-corrected chi connectivity index (χ1v) is 7.01. The molecule has 20 heavy (non-hydrogen) atoms. The van der Waals surface area contributed by atoms with Gasteiger partial charge in [0.1, 0.15) is 0 Å². The monoisotopic (exact) mass is 272 g/mol. The van der Waals surface area contributed by atoms with Gasteiger partial charge in [0.25, 0.3) is 0 Å². The Morgan fingerprint density at radius 3 is 2.05 bits per heavy atom. The highest BCUT2D eigenvalue weighted by Crippen LogP contribution is 2.27. The predicted molar refractivity (Wildman–Crippen MR) is 82.4 cm³/mol. The van der Waals surface area contributed by atoms with Crippen LogP contribution in [0.15, 0.2) is 24.3 Å². The minimum Gasteiger partial charge on any atom is -0.272 e. The van der Waals surface area contributed by atoms with Crippen molar-refractivity contribution >= 4 is 0 Å². The summed E-state index contributed by atoms with van der Waals surface area (Å²) in [6.07, 6.45) is 0. The van der Waals surface area contributed by atoms with E-state index in [1.165, 1.54) is 5.56 Å². The second-order valence-corrected chi connectivity index (χ2v) is 5.63. The van der Waals surface area contributed by atoms with Crippen molar-refractivity contribution in [3.8, 4) is 0 Å². The Balaban J connectivity index is 2.42. The maximum absolute atomic E-state index is 5.79. The first kappa shape index (κ1) is 14.8. The number of benzene rings is 1. The van der Waals surface area contributed by atoms with Crippen molar-refractivity contribution < 1.29 is 0 Å². The van der Waals surface area contributed by atoms with Gasteiger partial charge in [-0.2, -0.15) is 5.10 Å². The van der Waals surface area contributed by atoms with E-state index in [-0.39, 0.29) is 6.04 Å². The average Bonchev–Trinajstić information content (AvgIpc) is 2.67. The fourth-order valence-electron chi connectivity index (χ4n) is 2.63. The summed E-state index contributed by atoms with van der Waals surface area (Å²) in [5, 5.41) is 4.47. The molecule has 4 nitrogen and oxygen atoms in total. The standard InChI is InChI=1S/C16H24N4/c1-10(2)13-6-8-14(9-7-13)16(18-17)15-11(3)19-20(5)12(15)4/h6-10,16,18H,17H2,1-5H3. The van der Waals surface area contributed by atoms with Gasteiger partial charge in [-0.15, -0.1) is 0 Å². The molecule has 1 aromatic heterocycles. The lowest BCUT2D eigenvalue weighted by molar-refractivity contribution is 0.628. The number of aromatic nitrogens is 2. The summed E-state index contributed by atoms with van der Waals surface area (Å²) in [7, 11) is 1.96. The van der Waals surface area contributed by atoms with Crippen LogP contribution in [0.1, 0.15) is 53.9 Å². The van der Waals surface area contributed by atoms with Crippen LogP contribution < -0.4 is 11.3 Å². The zero-order valence-electron chi connectivity index (χ0n) is 12.9. The van der Waals surface area contributed by atoms with Gasteiger partial charge >= 0.3 is 0 Å². The van der Waals surface area contributed by atoms with E-state index in [1.807, 2.05) is 18.7 Å². The average molecular weight is 272 g/mol. The molecule has 0 aliphatic carbocycles. The minimum atomic E-state index is -0.0232. The maximum Gasteiger partial charge on any atom is 0.0746 e. The Morgan fingerprint density at radius 1 is 1.10 bits per heavy atom. The quantitative estimate of drug-likeness (QED) is 0.664. The number of hydrogen-bond donors (Lipinski definition) is 2. The van der Waals surface area contributed by atoms with Gasteiger partial charge in [0.2, 0.25) is 0 Å². The highest BCUT2D eigenvalue weighted by atomic mass is 15.3. The van der Waals surface area contributed by atoms with Gasteiger partial charge in [0.15, 0.2) is 0 Å². The van der Waals surface area contributed by atoms with E-state index in [0.717, 1.165) is 22.5 Å². The van der Waals surface area contributed by atoms with Gasteiger partial charge in [-0.05, 0) is 30.9 Å². The molecular weight excluding hydrogens is 248 g/mol.